The van der Waals surface area contributed by atoms with Crippen molar-refractivity contribution < 1.29 is 14.2 Å². The number of hydrogen-bond donors (Lipinski definition) is 2. The molecule has 3 aromatic rings. The van der Waals surface area contributed by atoms with Crippen LogP contribution in [0.15, 0.2) is 53.6 Å². The van der Waals surface area contributed by atoms with Gasteiger partial charge in [-0.2, -0.15) is 0 Å². The number of aliphatic hydroxyl groups excluding tert-OH is 1. The second-order valence-electron chi connectivity index (χ2n) is 7.41. The number of nitrogens with zero attached hydrogens (tertiary/aromatic N) is 3. The van der Waals surface area contributed by atoms with E-state index >= 15 is 0 Å². The normalized spacial score (nSPS) is 16.9. The topological polar surface area (TPSA) is 89.3 Å². The van der Waals surface area contributed by atoms with Gasteiger partial charge < -0.3 is 19.7 Å². The molecule has 2 aromatic heterocycles. The lowest BCUT2D eigenvalue weighted by molar-refractivity contribution is 0.187. The zero-order chi connectivity index (χ0) is 21.8. The molecule has 0 spiro atoms. The number of ether oxygens (including phenoxy) is 1. The number of anilines is 1. The molecule has 0 bridgehead atoms. The van der Waals surface area contributed by atoms with E-state index in [0.717, 1.165) is 26.2 Å². The number of nitrogens with one attached hydrogen (secondary N) is 1. The number of aliphatic hydroxyl groups is 1. The van der Waals surface area contributed by atoms with Crippen LogP contribution in [0.25, 0.3) is 11.3 Å². The highest BCUT2D eigenvalue weighted by Crippen LogP contribution is 2.23. The van der Waals surface area contributed by atoms with E-state index in [9.17, 15) is 14.3 Å². The van der Waals surface area contributed by atoms with Gasteiger partial charge in [0.2, 0.25) is 5.95 Å². The first kappa shape index (κ1) is 21.4. The molecule has 162 valence electrons. The monoisotopic (exact) mass is 444 g/mol. The first-order valence-electron chi connectivity index (χ1n) is 9.98. The van der Waals surface area contributed by atoms with Gasteiger partial charge >= 0.3 is 0 Å². The Morgan fingerprint density at radius 2 is 2.19 bits per heavy atom. The Bertz CT molecular complexity index is 1120. The molecule has 1 fully saturated rings. The molecule has 2 atom stereocenters. The first-order valence-corrected chi connectivity index (χ1v) is 10.4. The van der Waals surface area contributed by atoms with Crippen LogP contribution in [0.3, 0.4) is 0 Å². The predicted octanol–water partition coefficient (Wildman–Crippen LogP) is 3.13. The SMILES string of the molecule is O=c1cc(-c2ccnc(NC[C@@H]3CCOC3)n2)ccn1[C@H](CO)c1ccc(Cl)c(F)c1. The largest absolute Gasteiger partial charge is 0.394 e. The minimum Gasteiger partial charge on any atom is -0.394 e. The molecule has 1 saturated heterocycles. The van der Waals surface area contributed by atoms with Crippen LogP contribution >= 0.6 is 11.6 Å². The molecule has 9 heteroatoms. The lowest BCUT2D eigenvalue weighted by Crippen LogP contribution is -2.27. The lowest BCUT2D eigenvalue weighted by Gasteiger charge is -2.18. The van der Waals surface area contributed by atoms with E-state index in [4.69, 9.17) is 16.3 Å². The highest BCUT2D eigenvalue weighted by Gasteiger charge is 2.17. The van der Waals surface area contributed by atoms with E-state index < -0.39 is 11.9 Å². The third-order valence-corrected chi connectivity index (χ3v) is 5.62. The Morgan fingerprint density at radius 1 is 1.32 bits per heavy atom. The quantitative estimate of drug-likeness (QED) is 0.582. The maximum atomic E-state index is 13.8. The highest BCUT2D eigenvalue weighted by atomic mass is 35.5. The van der Waals surface area contributed by atoms with E-state index in [1.54, 1.807) is 30.6 Å². The zero-order valence-corrected chi connectivity index (χ0v) is 17.4. The Morgan fingerprint density at radius 3 is 2.90 bits per heavy atom. The summed E-state index contributed by atoms with van der Waals surface area (Å²) in [5.41, 5.74) is 1.32. The number of aromatic nitrogens is 3. The van der Waals surface area contributed by atoms with Crippen LogP contribution in [0.1, 0.15) is 18.0 Å². The summed E-state index contributed by atoms with van der Waals surface area (Å²) < 4.78 is 20.6. The summed E-state index contributed by atoms with van der Waals surface area (Å²) in [4.78, 5) is 21.5. The minimum atomic E-state index is -0.732. The van der Waals surface area contributed by atoms with Crippen molar-refractivity contribution in [3.05, 3.63) is 75.5 Å². The number of halogens is 2. The van der Waals surface area contributed by atoms with Crippen molar-refractivity contribution in [2.45, 2.75) is 12.5 Å². The number of hydrogen-bond acceptors (Lipinski definition) is 6. The van der Waals surface area contributed by atoms with Gasteiger partial charge in [-0.25, -0.2) is 14.4 Å². The fourth-order valence-corrected chi connectivity index (χ4v) is 3.68. The van der Waals surface area contributed by atoms with E-state index in [-0.39, 0.29) is 17.2 Å². The Labute approximate surface area is 183 Å². The summed E-state index contributed by atoms with van der Waals surface area (Å²) in [6.45, 7) is 1.86. The van der Waals surface area contributed by atoms with Crippen LogP contribution < -0.4 is 10.9 Å². The maximum Gasteiger partial charge on any atom is 0.251 e. The van der Waals surface area contributed by atoms with Gasteiger partial charge in [0, 0.05) is 43.1 Å². The standard InChI is InChI=1S/C22H22ClFN4O3/c23-17-2-1-16(9-18(17)24)20(12-29)28-7-4-15(10-21(28)30)19-3-6-25-22(27-19)26-11-14-5-8-31-13-14/h1-4,6-7,9-10,14,20,29H,5,8,11-13H2,(H,25,26,27)/t14-,20+/m0/s1. The fourth-order valence-electron chi connectivity index (χ4n) is 3.56. The fraction of sp³-hybridized carbons (Fsp3) is 0.318. The van der Waals surface area contributed by atoms with Crippen molar-refractivity contribution in [1.82, 2.24) is 14.5 Å². The van der Waals surface area contributed by atoms with E-state index in [1.807, 2.05) is 0 Å². The molecule has 1 aliphatic heterocycles. The molecule has 1 aliphatic rings. The molecule has 1 aromatic carbocycles. The van der Waals surface area contributed by atoms with E-state index in [0.29, 0.717) is 28.7 Å². The van der Waals surface area contributed by atoms with Crippen molar-refractivity contribution in [3.63, 3.8) is 0 Å². The summed E-state index contributed by atoms with van der Waals surface area (Å²) in [5, 5.41) is 13.0. The molecule has 31 heavy (non-hydrogen) atoms. The molecule has 0 unspecified atom stereocenters. The molecule has 0 aliphatic carbocycles. The van der Waals surface area contributed by atoms with Crippen LogP contribution in [0, 0.1) is 11.7 Å². The number of benzene rings is 1. The smallest absolute Gasteiger partial charge is 0.251 e. The average Bonchev–Trinajstić information content (AvgIpc) is 3.30. The maximum absolute atomic E-state index is 13.8. The van der Waals surface area contributed by atoms with Crippen molar-refractivity contribution in [2.75, 3.05) is 31.7 Å². The summed E-state index contributed by atoms with van der Waals surface area (Å²) in [6.07, 6.45) is 4.21. The van der Waals surface area contributed by atoms with Crippen LogP contribution in [0.2, 0.25) is 5.02 Å². The van der Waals surface area contributed by atoms with Gasteiger partial charge in [0.1, 0.15) is 5.82 Å². The van der Waals surface area contributed by atoms with Gasteiger partial charge in [-0.15, -0.1) is 0 Å². The van der Waals surface area contributed by atoms with Crippen molar-refractivity contribution >= 4 is 17.5 Å². The highest BCUT2D eigenvalue weighted by molar-refractivity contribution is 6.30. The lowest BCUT2D eigenvalue weighted by atomic mass is 10.1. The van der Waals surface area contributed by atoms with Gasteiger partial charge in [0.25, 0.3) is 5.56 Å². The molecule has 0 radical (unpaired) electrons. The molecule has 3 heterocycles. The van der Waals surface area contributed by atoms with Crippen LogP contribution in [0.5, 0.6) is 0 Å². The number of rotatable bonds is 7. The summed E-state index contributed by atoms with van der Waals surface area (Å²) in [7, 11) is 0. The van der Waals surface area contributed by atoms with Crippen molar-refractivity contribution in [3.8, 4) is 11.3 Å². The first-order chi connectivity index (χ1) is 15.0. The molecular weight excluding hydrogens is 423 g/mol. The van der Waals surface area contributed by atoms with Crippen molar-refractivity contribution in [1.29, 1.82) is 0 Å². The van der Waals surface area contributed by atoms with Crippen LogP contribution in [-0.4, -0.2) is 46.0 Å². The predicted molar refractivity (Wildman–Crippen MR) is 116 cm³/mol. The third kappa shape index (κ3) is 4.92. The van der Waals surface area contributed by atoms with Gasteiger partial charge in [0.15, 0.2) is 0 Å². The zero-order valence-electron chi connectivity index (χ0n) is 16.7. The second kappa shape index (κ2) is 9.55. The molecule has 0 amide bonds. The molecule has 0 saturated carbocycles. The van der Waals surface area contributed by atoms with Gasteiger partial charge in [0.05, 0.1) is 30.0 Å². The molecule has 7 nitrogen and oxygen atoms in total. The summed E-state index contributed by atoms with van der Waals surface area (Å²) in [6, 6.07) is 8.37. The Hall–Kier alpha value is -2.81. The minimum absolute atomic E-state index is 0.0169. The molecular formula is C22H22ClFN4O3. The third-order valence-electron chi connectivity index (χ3n) is 5.31. The van der Waals surface area contributed by atoms with Gasteiger partial charge in [-0.05, 0) is 36.2 Å². The molecule has 2 N–H and O–H groups in total. The Balaban J connectivity index is 1.56. The van der Waals surface area contributed by atoms with Gasteiger partial charge in [-0.1, -0.05) is 17.7 Å². The van der Waals surface area contributed by atoms with Crippen molar-refractivity contribution in [2.24, 2.45) is 5.92 Å². The van der Waals surface area contributed by atoms with Gasteiger partial charge in [-0.3, -0.25) is 4.79 Å². The van der Waals surface area contributed by atoms with Crippen LogP contribution in [0.4, 0.5) is 10.3 Å². The summed E-state index contributed by atoms with van der Waals surface area (Å²) >= 11 is 5.74. The number of pyridine rings is 1. The van der Waals surface area contributed by atoms with Crippen LogP contribution in [-0.2, 0) is 4.74 Å². The molecule has 4 rings (SSSR count). The van der Waals surface area contributed by atoms with E-state index in [2.05, 4.69) is 15.3 Å². The Kier molecular flexibility index (Phi) is 6.60. The van der Waals surface area contributed by atoms with E-state index in [1.165, 1.54) is 22.8 Å². The average molecular weight is 445 g/mol. The second-order valence-corrected chi connectivity index (χ2v) is 7.82. The summed E-state index contributed by atoms with van der Waals surface area (Å²) in [5.74, 6) is 0.315.